The molecule has 6 nitrogen and oxygen atoms in total. The van der Waals surface area contributed by atoms with Gasteiger partial charge in [0.05, 0.1) is 0 Å². The molecule has 0 bridgehead atoms. The molecule has 1 aromatic carbocycles. The number of carbonyl (C=O) groups excluding carboxylic acids is 1. The molecule has 2 N–H and O–H groups in total. The van der Waals surface area contributed by atoms with Crippen LogP contribution >= 0.6 is 0 Å². The van der Waals surface area contributed by atoms with E-state index in [0.29, 0.717) is 24.0 Å². The van der Waals surface area contributed by atoms with Crippen molar-refractivity contribution in [2.45, 2.75) is 38.6 Å². The van der Waals surface area contributed by atoms with Crippen LogP contribution < -0.4 is 5.32 Å². The summed E-state index contributed by atoms with van der Waals surface area (Å²) in [5.41, 5.74) is 1.18. The number of carbonyl (C=O) groups is 1. The lowest BCUT2D eigenvalue weighted by molar-refractivity contribution is 0.0949. The predicted octanol–water partition coefficient (Wildman–Crippen LogP) is 2.60. The minimum Gasteiger partial charge on any atom is -0.351 e. The zero-order chi connectivity index (χ0) is 17.2. The van der Waals surface area contributed by atoms with Crippen molar-refractivity contribution in [2.75, 3.05) is 6.54 Å². The van der Waals surface area contributed by atoms with Gasteiger partial charge < -0.3 is 14.9 Å². The Morgan fingerprint density at radius 1 is 1.24 bits per heavy atom. The molecule has 0 saturated carbocycles. The number of aryl methyl sites for hydroxylation is 1. The summed E-state index contributed by atoms with van der Waals surface area (Å²) in [6.07, 6.45) is 5.16. The summed E-state index contributed by atoms with van der Waals surface area (Å²) < 4.78 is 15.4. The molecule has 4 rings (SSSR count). The van der Waals surface area contributed by atoms with Crippen LogP contribution in [0.2, 0.25) is 0 Å². The summed E-state index contributed by atoms with van der Waals surface area (Å²) in [5.74, 6) is 1.46. The molecule has 1 amide bonds. The van der Waals surface area contributed by atoms with E-state index in [2.05, 4.69) is 25.1 Å². The lowest BCUT2D eigenvalue weighted by atomic mass is 10.2. The van der Waals surface area contributed by atoms with Crippen LogP contribution in [0.1, 0.15) is 41.4 Å². The topological polar surface area (TPSA) is 75.6 Å². The van der Waals surface area contributed by atoms with E-state index >= 15 is 0 Å². The maximum Gasteiger partial charge on any atom is 0.267 e. The quantitative estimate of drug-likeness (QED) is 0.766. The third-order valence-electron chi connectivity index (χ3n) is 4.65. The monoisotopic (exact) mass is 341 g/mol. The molecule has 0 aliphatic carbocycles. The van der Waals surface area contributed by atoms with Crippen molar-refractivity contribution in [3.63, 3.8) is 0 Å². The van der Waals surface area contributed by atoms with E-state index in [4.69, 9.17) is 0 Å². The zero-order valence-corrected chi connectivity index (χ0v) is 13.9. The molecule has 0 unspecified atom stereocenters. The number of hydrogen-bond acceptors (Lipinski definition) is 3. The van der Waals surface area contributed by atoms with Crippen LogP contribution in [0.5, 0.6) is 0 Å². The minimum absolute atomic E-state index is 0.202. The Kier molecular flexibility index (Phi) is 4.21. The Morgan fingerprint density at radius 3 is 3.08 bits per heavy atom. The molecule has 3 heterocycles. The molecular formula is C18H20FN5O. The second-order valence-electron chi connectivity index (χ2n) is 6.42. The Hall–Kier alpha value is -2.70. The van der Waals surface area contributed by atoms with Crippen LogP contribution in [-0.2, 0) is 19.4 Å². The van der Waals surface area contributed by atoms with E-state index in [9.17, 15) is 9.18 Å². The summed E-state index contributed by atoms with van der Waals surface area (Å²) in [4.78, 5) is 15.3. The lowest BCUT2D eigenvalue weighted by Gasteiger charge is -2.07. The molecule has 130 valence electrons. The van der Waals surface area contributed by atoms with Gasteiger partial charge in [0.25, 0.3) is 5.91 Å². The first-order valence-electron chi connectivity index (χ1n) is 8.68. The molecule has 2 aromatic heterocycles. The van der Waals surface area contributed by atoms with E-state index in [0.717, 1.165) is 43.0 Å². The normalized spacial score (nSPS) is 14.3. The molecular weight excluding hydrogens is 321 g/mol. The van der Waals surface area contributed by atoms with Gasteiger partial charge >= 0.3 is 0 Å². The number of nitrogens with one attached hydrogen (secondary N) is 2. The third kappa shape index (κ3) is 3.26. The van der Waals surface area contributed by atoms with Crippen LogP contribution in [0.4, 0.5) is 4.39 Å². The Balaban J connectivity index is 1.39. The number of H-pyrrole nitrogens is 1. The number of aromatic nitrogens is 4. The molecule has 0 fully saturated rings. The van der Waals surface area contributed by atoms with Crippen molar-refractivity contribution in [3.8, 4) is 0 Å². The van der Waals surface area contributed by atoms with E-state index in [1.807, 2.05) is 0 Å². The fraction of sp³-hybridized carbons (Fsp3) is 0.389. The largest absolute Gasteiger partial charge is 0.351 e. The SMILES string of the molecule is O=C(NCCc1nnc2n1CCCCC2)c1cc2cc(F)ccc2[nH]1. The average molecular weight is 341 g/mol. The lowest BCUT2D eigenvalue weighted by Crippen LogP contribution is -2.26. The summed E-state index contributed by atoms with van der Waals surface area (Å²) >= 11 is 0. The van der Waals surface area contributed by atoms with Crippen molar-refractivity contribution >= 4 is 16.8 Å². The van der Waals surface area contributed by atoms with E-state index < -0.39 is 0 Å². The average Bonchev–Trinajstić information content (AvgIpc) is 3.11. The van der Waals surface area contributed by atoms with Crippen molar-refractivity contribution in [1.29, 1.82) is 0 Å². The summed E-state index contributed by atoms with van der Waals surface area (Å²) in [6.45, 7) is 1.44. The van der Waals surface area contributed by atoms with E-state index in [1.54, 1.807) is 12.1 Å². The molecule has 25 heavy (non-hydrogen) atoms. The van der Waals surface area contributed by atoms with Crippen LogP contribution in [0.15, 0.2) is 24.3 Å². The molecule has 3 aromatic rings. The number of hydrogen-bond donors (Lipinski definition) is 2. The highest BCUT2D eigenvalue weighted by molar-refractivity contribution is 5.97. The first kappa shape index (κ1) is 15.8. The fourth-order valence-electron chi connectivity index (χ4n) is 3.34. The van der Waals surface area contributed by atoms with Gasteiger partial charge in [-0.3, -0.25) is 4.79 Å². The molecule has 0 saturated heterocycles. The summed E-state index contributed by atoms with van der Waals surface area (Å²) in [5, 5.41) is 12.1. The maximum absolute atomic E-state index is 13.2. The number of nitrogens with zero attached hydrogens (tertiary/aromatic N) is 3. The second kappa shape index (κ2) is 6.66. The zero-order valence-electron chi connectivity index (χ0n) is 13.9. The van der Waals surface area contributed by atoms with Gasteiger partial charge in [0.1, 0.15) is 23.2 Å². The first-order chi connectivity index (χ1) is 12.2. The highest BCUT2D eigenvalue weighted by Crippen LogP contribution is 2.17. The molecule has 0 spiro atoms. The van der Waals surface area contributed by atoms with Gasteiger partial charge in [-0.2, -0.15) is 0 Å². The third-order valence-corrected chi connectivity index (χ3v) is 4.65. The number of fused-ring (bicyclic) bond motifs is 2. The second-order valence-corrected chi connectivity index (χ2v) is 6.42. The minimum atomic E-state index is -0.314. The highest BCUT2D eigenvalue weighted by atomic mass is 19.1. The van der Waals surface area contributed by atoms with Crippen molar-refractivity contribution < 1.29 is 9.18 Å². The predicted molar refractivity (Wildman–Crippen MR) is 91.9 cm³/mol. The molecule has 1 aliphatic heterocycles. The number of rotatable bonds is 4. The molecule has 7 heteroatoms. The number of aromatic amines is 1. The molecule has 0 atom stereocenters. The van der Waals surface area contributed by atoms with Crippen molar-refractivity contribution in [1.82, 2.24) is 25.1 Å². The van der Waals surface area contributed by atoms with Gasteiger partial charge in [-0.25, -0.2) is 4.39 Å². The number of amides is 1. The van der Waals surface area contributed by atoms with Crippen LogP contribution in [0.3, 0.4) is 0 Å². The van der Waals surface area contributed by atoms with E-state index in [-0.39, 0.29) is 11.7 Å². The van der Waals surface area contributed by atoms with Crippen molar-refractivity contribution in [2.24, 2.45) is 0 Å². The molecule has 1 aliphatic rings. The van der Waals surface area contributed by atoms with Crippen LogP contribution in [0, 0.1) is 5.82 Å². The van der Waals surface area contributed by atoms with E-state index in [1.165, 1.54) is 18.6 Å². The van der Waals surface area contributed by atoms with Gasteiger partial charge in [0.2, 0.25) is 0 Å². The Bertz CT molecular complexity index is 913. The first-order valence-corrected chi connectivity index (χ1v) is 8.68. The maximum atomic E-state index is 13.2. The standard InChI is InChI=1S/C18H20FN5O/c19-13-5-6-14-12(10-13)11-15(21-14)18(25)20-8-7-17-23-22-16-4-2-1-3-9-24(16)17/h5-6,10-11,21H,1-4,7-9H2,(H,20,25). The van der Waals surface area contributed by atoms with Gasteiger partial charge in [0.15, 0.2) is 0 Å². The number of benzene rings is 1. The van der Waals surface area contributed by atoms with Crippen molar-refractivity contribution in [3.05, 3.63) is 47.4 Å². The Labute approximate surface area is 144 Å². The van der Waals surface area contributed by atoms with Gasteiger partial charge in [-0.1, -0.05) is 6.42 Å². The van der Waals surface area contributed by atoms with Gasteiger partial charge in [-0.05, 0) is 37.1 Å². The fourth-order valence-corrected chi connectivity index (χ4v) is 3.34. The summed E-state index contributed by atoms with van der Waals surface area (Å²) in [7, 11) is 0. The van der Waals surface area contributed by atoms with Gasteiger partial charge in [0, 0.05) is 36.8 Å². The van der Waals surface area contributed by atoms with Crippen LogP contribution in [-0.4, -0.2) is 32.2 Å². The van der Waals surface area contributed by atoms with Crippen LogP contribution in [0.25, 0.3) is 10.9 Å². The summed E-state index contributed by atoms with van der Waals surface area (Å²) in [6, 6.07) is 6.08. The Morgan fingerprint density at radius 2 is 2.16 bits per heavy atom. The van der Waals surface area contributed by atoms with Gasteiger partial charge in [-0.15, -0.1) is 10.2 Å². The highest BCUT2D eigenvalue weighted by Gasteiger charge is 2.15. The number of halogens is 1. The molecule has 0 radical (unpaired) electrons. The smallest absolute Gasteiger partial charge is 0.267 e.